The molecule has 0 saturated carbocycles. The van der Waals surface area contributed by atoms with E-state index in [0.29, 0.717) is 0 Å². The molecule has 11 rings (SSSR count). The molecule has 1 heterocycles. The molecule has 0 radical (unpaired) electrons. The summed E-state index contributed by atoms with van der Waals surface area (Å²) in [6.07, 6.45) is 0. The summed E-state index contributed by atoms with van der Waals surface area (Å²) in [5.74, 6) is 1.79. The van der Waals surface area contributed by atoms with Gasteiger partial charge in [-0.05, 0) is 103 Å². The molecule has 2 heteroatoms. The first-order valence-corrected chi connectivity index (χ1v) is 20.5. The van der Waals surface area contributed by atoms with Crippen molar-refractivity contribution in [1.29, 1.82) is 0 Å². The third-order valence-corrected chi connectivity index (χ3v) is 11.7. The summed E-state index contributed by atoms with van der Waals surface area (Å²) in [6.45, 7) is 0. The van der Waals surface area contributed by atoms with Crippen LogP contribution in [0.2, 0.25) is 0 Å². The lowest BCUT2D eigenvalue weighted by Crippen LogP contribution is -2.11. The van der Waals surface area contributed by atoms with E-state index in [1.165, 1.54) is 49.9 Å². The number of para-hydroxylation sites is 2. The molecule has 0 atom stereocenters. The van der Waals surface area contributed by atoms with E-state index in [-0.39, 0.29) is 0 Å². The molecule has 1 aliphatic heterocycles. The van der Waals surface area contributed by atoms with Crippen LogP contribution in [0.4, 0.5) is 17.1 Å². The van der Waals surface area contributed by atoms with Crippen LogP contribution in [0, 0.1) is 0 Å². The molecule has 0 amide bonds. The van der Waals surface area contributed by atoms with Crippen LogP contribution in [-0.4, -0.2) is 0 Å². The fourth-order valence-electron chi connectivity index (χ4n) is 8.75. The zero-order valence-corrected chi connectivity index (χ0v) is 32.9. The zero-order valence-electron chi connectivity index (χ0n) is 32.9. The fourth-order valence-corrected chi connectivity index (χ4v) is 8.75. The Kier molecular flexibility index (Phi) is 8.87. The van der Waals surface area contributed by atoms with Crippen LogP contribution in [0.1, 0.15) is 0 Å². The smallest absolute Gasteiger partial charge is 0.135 e. The van der Waals surface area contributed by atoms with Gasteiger partial charge in [0.1, 0.15) is 11.5 Å². The van der Waals surface area contributed by atoms with Crippen molar-refractivity contribution in [2.75, 3.05) is 4.90 Å². The third kappa shape index (κ3) is 6.41. The molecule has 0 spiro atoms. The molecule has 0 N–H and O–H groups in total. The molecule has 0 unspecified atom stereocenters. The van der Waals surface area contributed by atoms with Gasteiger partial charge in [0.15, 0.2) is 0 Å². The maximum Gasteiger partial charge on any atom is 0.135 e. The maximum absolute atomic E-state index is 6.47. The van der Waals surface area contributed by atoms with E-state index in [1.54, 1.807) is 0 Å². The van der Waals surface area contributed by atoms with Crippen LogP contribution < -0.4 is 9.64 Å². The van der Waals surface area contributed by atoms with Gasteiger partial charge in [-0.3, -0.25) is 0 Å². The Hall–Kier alpha value is -7.94. The SMILES string of the molecule is c1ccc(-c2ccc(-c3ccc(N(c4cccc(-c5ccc6c7c(cccc57)-c5ccccc5O6)c4)c4ccccc4-c4ccc(-c5ccccc5)cc4)cc3)cc2)cc1. The van der Waals surface area contributed by atoms with E-state index in [0.717, 1.165) is 56.2 Å². The Morgan fingerprint density at radius 3 is 1.43 bits per heavy atom. The first kappa shape index (κ1) is 35.2. The lowest BCUT2D eigenvalue weighted by atomic mass is 9.90. The second-order valence-electron chi connectivity index (χ2n) is 15.3. The Morgan fingerprint density at radius 1 is 0.267 bits per heavy atom. The standard InChI is InChI=1S/C58H39NO/c1-3-13-40(14-4-1)42-25-27-44(28-26-42)45-33-35-48(36-34-45)59(55-23-9-7-19-51(55)46-31-29-43(30-32-46)41-15-5-2-6-16-41)49-18-11-17-47(39-49)50-37-38-57-58-53(50)21-12-22-54(58)52-20-8-10-24-56(52)60-57/h1-39H. The summed E-state index contributed by atoms with van der Waals surface area (Å²) in [6, 6.07) is 84.8. The van der Waals surface area contributed by atoms with Crippen molar-refractivity contribution < 1.29 is 4.74 Å². The van der Waals surface area contributed by atoms with E-state index in [1.807, 2.05) is 12.1 Å². The van der Waals surface area contributed by atoms with Crippen LogP contribution in [0.15, 0.2) is 237 Å². The first-order chi connectivity index (χ1) is 29.7. The molecule has 0 aromatic heterocycles. The average Bonchev–Trinajstić information content (AvgIpc) is 3.33. The fraction of sp³-hybridized carbons (Fsp3) is 0. The lowest BCUT2D eigenvalue weighted by Gasteiger charge is -2.29. The van der Waals surface area contributed by atoms with Crippen molar-refractivity contribution >= 4 is 27.8 Å². The van der Waals surface area contributed by atoms with Gasteiger partial charge in [0.05, 0.1) is 5.69 Å². The number of anilines is 3. The molecule has 60 heavy (non-hydrogen) atoms. The van der Waals surface area contributed by atoms with Gasteiger partial charge >= 0.3 is 0 Å². The number of hydrogen-bond acceptors (Lipinski definition) is 2. The number of fused-ring (bicyclic) bond motifs is 2. The summed E-state index contributed by atoms with van der Waals surface area (Å²) in [5, 5.41) is 2.32. The van der Waals surface area contributed by atoms with Crippen LogP contribution in [0.3, 0.4) is 0 Å². The predicted molar refractivity (Wildman–Crippen MR) is 251 cm³/mol. The summed E-state index contributed by atoms with van der Waals surface area (Å²) >= 11 is 0. The number of benzene rings is 10. The number of rotatable bonds is 8. The molecule has 282 valence electrons. The Morgan fingerprint density at radius 2 is 0.767 bits per heavy atom. The molecule has 2 nitrogen and oxygen atoms in total. The molecule has 0 fully saturated rings. The van der Waals surface area contributed by atoms with Crippen molar-refractivity contribution in [3.8, 4) is 78.3 Å². The summed E-state index contributed by atoms with van der Waals surface area (Å²) in [5.41, 5.74) is 17.4. The molecule has 0 bridgehead atoms. The molecule has 0 aliphatic carbocycles. The van der Waals surface area contributed by atoms with E-state index >= 15 is 0 Å². The van der Waals surface area contributed by atoms with Gasteiger partial charge in [0.25, 0.3) is 0 Å². The lowest BCUT2D eigenvalue weighted by molar-refractivity contribution is 0.487. The summed E-state index contributed by atoms with van der Waals surface area (Å²) in [7, 11) is 0. The van der Waals surface area contributed by atoms with E-state index in [9.17, 15) is 0 Å². The normalized spacial score (nSPS) is 11.5. The molecule has 1 aliphatic rings. The highest BCUT2D eigenvalue weighted by Crippen LogP contribution is 2.49. The highest BCUT2D eigenvalue weighted by molar-refractivity contribution is 6.10. The van der Waals surface area contributed by atoms with Crippen molar-refractivity contribution in [3.05, 3.63) is 237 Å². The number of hydrogen-bond donors (Lipinski definition) is 0. The van der Waals surface area contributed by atoms with Crippen molar-refractivity contribution in [2.45, 2.75) is 0 Å². The van der Waals surface area contributed by atoms with Crippen LogP contribution in [0.25, 0.3) is 77.5 Å². The number of ether oxygens (including phenoxy) is 1. The van der Waals surface area contributed by atoms with Gasteiger partial charge in [0.2, 0.25) is 0 Å². The Bertz CT molecular complexity index is 3130. The molecular weight excluding hydrogens is 727 g/mol. The second-order valence-corrected chi connectivity index (χ2v) is 15.3. The van der Waals surface area contributed by atoms with Gasteiger partial charge < -0.3 is 9.64 Å². The minimum absolute atomic E-state index is 0.892. The number of nitrogens with zero attached hydrogens (tertiary/aromatic N) is 1. The monoisotopic (exact) mass is 765 g/mol. The van der Waals surface area contributed by atoms with E-state index in [4.69, 9.17) is 4.74 Å². The molecular formula is C58H39NO. The molecule has 10 aromatic carbocycles. The second kappa shape index (κ2) is 15.1. The highest BCUT2D eigenvalue weighted by Gasteiger charge is 2.23. The minimum Gasteiger partial charge on any atom is -0.456 e. The van der Waals surface area contributed by atoms with Gasteiger partial charge in [-0.2, -0.15) is 0 Å². The van der Waals surface area contributed by atoms with E-state index in [2.05, 4.69) is 229 Å². The van der Waals surface area contributed by atoms with Crippen molar-refractivity contribution in [3.63, 3.8) is 0 Å². The van der Waals surface area contributed by atoms with Crippen molar-refractivity contribution in [1.82, 2.24) is 0 Å². The average molecular weight is 766 g/mol. The van der Waals surface area contributed by atoms with Crippen LogP contribution >= 0.6 is 0 Å². The van der Waals surface area contributed by atoms with Crippen molar-refractivity contribution in [2.24, 2.45) is 0 Å². The first-order valence-electron chi connectivity index (χ1n) is 20.5. The Balaban J connectivity index is 1.02. The maximum atomic E-state index is 6.47. The van der Waals surface area contributed by atoms with Crippen LogP contribution in [-0.2, 0) is 0 Å². The zero-order chi connectivity index (χ0) is 39.8. The van der Waals surface area contributed by atoms with Gasteiger partial charge in [0, 0.05) is 27.9 Å². The predicted octanol–water partition coefficient (Wildman–Crippen LogP) is 16.4. The van der Waals surface area contributed by atoms with Crippen LogP contribution in [0.5, 0.6) is 11.5 Å². The summed E-state index contributed by atoms with van der Waals surface area (Å²) in [4.78, 5) is 2.40. The Labute approximate surface area is 350 Å². The largest absolute Gasteiger partial charge is 0.456 e. The molecule has 10 aromatic rings. The highest BCUT2D eigenvalue weighted by atomic mass is 16.5. The topological polar surface area (TPSA) is 12.5 Å². The quantitative estimate of drug-likeness (QED) is 0.153. The summed E-state index contributed by atoms with van der Waals surface area (Å²) < 4.78 is 6.47. The van der Waals surface area contributed by atoms with E-state index < -0.39 is 0 Å². The van der Waals surface area contributed by atoms with Gasteiger partial charge in [-0.25, -0.2) is 0 Å². The third-order valence-electron chi connectivity index (χ3n) is 11.7. The van der Waals surface area contributed by atoms with Gasteiger partial charge in [-0.1, -0.05) is 194 Å². The molecule has 0 saturated heterocycles. The minimum atomic E-state index is 0.892. The van der Waals surface area contributed by atoms with Gasteiger partial charge in [-0.15, -0.1) is 0 Å².